The van der Waals surface area contributed by atoms with E-state index < -0.39 is 6.04 Å². The zero-order chi connectivity index (χ0) is 21.8. The van der Waals surface area contributed by atoms with Gasteiger partial charge in [0.2, 0.25) is 5.91 Å². The summed E-state index contributed by atoms with van der Waals surface area (Å²) >= 11 is 1.58. The van der Waals surface area contributed by atoms with E-state index in [0.29, 0.717) is 29.1 Å². The van der Waals surface area contributed by atoms with Gasteiger partial charge in [-0.05, 0) is 55.3 Å². The fourth-order valence-corrected chi connectivity index (χ4v) is 4.74. The molecule has 1 saturated carbocycles. The van der Waals surface area contributed by atoms with Gasteiger partial charge in [-0.1, -0.05) is 38.2 Å². The fourth-order valence-electron chi connectivity index (χ4n) is 4.30. The second-order valence-electron chi connectivity index (χ2n) is 8.31. The van der Waals surface area contributed by atoms with Crippen molar-refractivity contribution in [1.82, 2.24) is 14.5 Å². The van der Waals surface area contributed by atoms with Gasteiger partial charge in [0.1, 0.15) is 11.9 Å². The van der Waals surface area contributed by atoms with E-state index >= 15 is 0 Å². The molecule has 162 valence electrons. The molecule has 31 heavy (non-hydrogen) atoms. The highest BCUT2D eigenvalue weighted by molar-refractivity contribution is 7.98. The molecule has 0 bridgehead atoms. The molecule has 0 radical (unpaired) electrons. The van der Waals surface area contributed by atoms with Crippen LogP contribution in [-0.4, -0.2) is 26.7 Å². The lowest BCUT2D eigenvalue weighted by Crippen LogP contribution is -2.35. The normalized spacial score (nSPS) is 15.7. The first-order valence-corrected chi connectivity index (χ1v) is 12.1. The van der Waals surface area contributed by atoms with Crippen molar-refractivity contribution in [2.45, 2.75) is 56.4 Å². The maximum absolute atomic E-state index is 13.4. The Labute approximate surface area is 186 Å². The van der Waals surface area contributed by atoms with Crippen molar-refractivity contribution >= 4 is 34.4 Å². The zero-order valence-corrected chi connectivity index (χ0v) is 18.8. The summed E-state index contributed by atoms with van der Waals surface area (Å²) in [5.74, 6) is 0.706. The van der Waals surface area contributed by atoms with Crippen molar-refractivity contribution in [2.24, 2.45) is 5.92 Å². The van der Waals surface area contributed by atoms with Crippen molar-refractivity contribution in [1.29, 1.82) is 0 Å². The van der Waals surface area contributed by atoms with Crippen LogP contribution in [0.2, 0.25) is 0 Å². The van der Waals surface area contributed by atoms with E-state index in [-0.39, 0.29) is 11.5 Å². The molecular formula is C24H28N4O2S. The third-order valence-electron chi connectivity index (χ3n) is 6.07. The number of anilines is 1. The largest absolute Gasteiger partial charge is 0.309 e. The van der Waals surface area contributed by atoms with Gasteiger partial charge < -0.3 is 5.32 Å². The van der Waals surface area contributed by atoms with Gasteiger partial charge in [-0.2, -0.15) is 0 Å². The number of rotatable bonds is 6. The number of carbonyl (C=O) groups is 1. The highest BCUT2D eigenvalue weighted by Crippen LogP contribution is 2.31. The van der Waals surface area contributed by atoms with Gasteiger partial charge in [0.25, 0.3) is 5.56 Å². The highest BCUT2D eigenvalue weighted by Gasteiger charge is 2.27. The second kappa shape index (κ2) is 9.64. The van der Waals surface area contributed by atoms with Crippen molar-refractivity contribution in [2.75, 3.05) is 11.6 Å². The van der Waals surface area contributed by atoms with E-state index in [1.54, 1.807) is 24.0 Å². The van der Waals surface area contributed by atoms with E-state index in [2.05, 4.69) is 15.3 Å². The number of hydrogen-bond acceptors (Lipinski definition) is 5. The number of aromatic nitrogens is 3. The molecule has 1 aromatic carbocycles. The summed E-state index contributed by atoms with van der Waals surface area (Å²) in [5.41, 5.74) is 1.50. The predicted molar refractivity (Wildman–Crippen MR) is 126 cm³/mol. The van der Waals surface area contributed by atoms with E-state index in [0.717, 1.165) is 23.3 Å². The van der Waals surface area contributed by atoms with E-state index in [4.69, 9.17) is 0 Å². The summed E-state index contributed by atoms with van der Waals surface area (Å²) in [7, 11) is 0. The molecule has 0 saturated heterocycles. The molecule has 1 atom stereocenters. The first kappa shape index (κ1) is 21.6. The van der Waals surface area contributed by atoms with E-state index in [9.17, 15) is 9.59 Å². The molecule has 1 aliphatic rings. The van der Waals surface area contributed by atoms with Crippen LogP contribution in [0.1, 0.15) is 50.1 Å². The Balaban J connectivity index is 1.70. The molecule has 6 nitrogen and oxygen atoms in total. The van der Waals surface area contributed by atoms with Crippen LogP contribution in [0.5, 0.6) is 0 Å². The van der Waals surface area contributed by atoms with Crippen LogP contribution < -0.4 is 10.9 Å². The number of hydrogen-bond donors (Lipinski definition) is 1. The summed E-state index contributed by atoms with van der Waals surface area (Å²) in [6.45, 7) is 1.95. The molecule has 1 fully saturated rings. The standard InChI is InChI=1S/C24H28N4O2S/c1-16-8-11-22(25-14-16)27-23(29)21(12-17-6-4-3-5-7-17)28-15-26-20-10-9-18(31-2)13-19(20)24(28)30/h8-11,13-15,17,21H,3-7,12H2,1-2H3,(H,25,27,29). The molecule has 2 heterocycles. The summed E-state index contributed by atoms with van der Waals surface area (Å²) < 4.78 is 1.52. The number of nitrogens with zero attached hydrogens (tertiary/aromatic N) is 3. The van der Waals surface area contributed by atoms with Crippen LogP contribution >= 0.6 is 11.8 Å². The average Bonchev–Trinajstić information content (AvgIpc) is 2.80. The Morgan fingerprint density at radius 1 is 1.19 bits per heavy atom. The average molecular weight is 437 g/mol. The molecule has 2 aromatic heterocycles. The Morgan fingerprint density at radius 2 is 2.00 bits per heavy atom. The van der Waals surface area contributed by atoms with Crippen molar-refractivity contribution in [3.05, 3.63) is 58.8 Å². The molecule has 1 amide bonds. The molecule has 1 aliphatic carbocycles. The minimum absolute atomic E-state index is 0.172. The van der Waals surface area contributed by atoms with Crippen molar-refractivity contribution < 1.29 is 4.79 Å². The molecule has 1 unspecified atom stereocenters. The third-order valence-corrected chi connectivity index (χ3v) is 6.80. The number of carbonyl (C=O) groups excluding carboxylic acids is 1. The number of pyridine rings is 1. The third kappa shape index (κ3) is 4.98. The molecule has 0 spiro atoms. The van der Waals surface area contributed by atoms with Gasteiger partial charge in [0.05, 0.1) is 17.2 Å². The topological polar surface area (TPSA) is 76.9 Å². The molecule has 1 N–H and O–H groups in total. The fraction of sp³-hybridized carbons (Fsp3) is 0.417. The molecule has 0 aliphatic heterocycles. The smallest absolute Gasteiger partial charge is 0.261 e. The number of aryl methyl sites for hydroxylation is 1. The van der Waals surface area contributed by atoms with Crippen molar-refractivity contribution in [3.8, 4) is 0 Å². The molecule has 7 heteroatoms. The highest BCUT2D eigenvalue weighted by atomic mass is 32.2. The van der Waals surface area contributed by atoms with Gasteiger partial charge in [-0.25, -0.2) is 9.97 Å². The van der Waals surface area contributed by atoms with Gasteiger partial charge in [-0.15, -0.1) is 11.8 Å². The number of amides is 1. The van der Waals surface area contributed by atoms with Crippen LogP contribution in [0.25, 0.3) is 10.9 Å². The lowest BCUT2D eigenvalue weighted by Gasteiger charge is -2.27. The van der Waals surface area contributed by atoms with Crippen LogP contribution in [0.15, 0.2) is 52.5 Å². The minimum atomic E-state index is -0.617. The summed E-state index contributed by atoms with van der Waals surface area (Å²) in [4.78, 5) is 36.5. The Bertz CT molecular complexity index is 1120. The number of benzene rings is 1. The first-order valence-electron chi connectivity index (χ1n) is 10.8. The zero-order valence-electron chi connectivity index (χ0n) is 18.0. The van der Waals surface area contributed by atoms with Gasteiger partial charge in [0.15, 0.2) is 0 Å². The second-order valence-corrected chi connectivity index (χ2v) is 9.19. The van der Waals surface area contributed by atoms with E-state index in [1.807, 2.05) is 37.4 Å². The van der Waals surface area contributed by atoms with Crippen LogP contribution in [-0.2, 0) is 4.79 Å². The van der Waals surface area contributed by atoms with Gasteiger partial charge >= 0.3 is 0 Å². The monoisotopic (exact) mass is 436 g/mol. The minimum Gasteiger partial charge on any atom is -0.309 e. The first-order chi connectivity index (χ1) is 15.0. The molecule has 4 rings (SSSR count). The SMILES string of the molecule is CSc1ccc2ncn(C(CC3CCCCC3)C(=O)Nc3ccc(C)cn3)c(=O)c2c1. The summed E-state index contributed by atoms with van der Waals surface area (Å²) in [6, 6.07) is 8.76. The summed E-state index contributed by atoms with van der Waals surface area (Å²) in [6.07, 6.45) is 11.7. The number of nitrogens with one attached hydrogen (secondary N) is 1. The Kier molecular flexibility index (Phi) is 6.70. The number of fused-ring (bicyclic) bond motifs is 1. The predicted octanol–water partition coefficient (Wildman–Crippen LogP) is 4.97. The van der Waals surface area contributed by atoms with Gasteiger partial charge in [0, 0.05) is 11.1 Å². The molecule has 3 aromatic rings. The van der Waals surface area contributed by atoms with Crippen LogP contribution in [0.4, 0.5) is 5.82 Å². The Morgan fingerprint density at radius 3 is 2.71 bits per heavy atom. The van der Waals surface area contributed by atoms with Crippen molar-refractivity contribution in [3.63, 3.8) is 0 Å². The maximum atomic E-state index is 13.4. The van der Waals surface area contributed by atoms with Gasteiger partial charge in [-0.3, -0.25) is 14.2 Å². The lowest BCUT2D eigenvalue weighted by molar-refractivity contribution is -0.120. The van der Waals surface area contributed by atoms with Crippen LogP contribution in [0, 0.1) is 12.8 Å². The molecular weight excluding hydrogens is 408 g/mol. The Hall–Kier alpha value is -2.67. The quantitative estimate of drug-likeness (QED) is 0.552. The van der Waals surface area contributed by atoms with E-state index in [1.165, 1.54) is 30.2 Å². The maximum Gasteiger partial charge on any atom is 0.261 e. The lowest BCUT2D eigenvalue weighted by atomic mass is 9.84. The number of thioether (sulfide) groups is 1. The van der Waals surface area contributed by atoms with Crippen LogP contribution in [0.3, 0.4) is 0 Å². The summed E-state index contributed by atoms with van der Waals surface area (Å²) in [5, 5.41) is 3.46.